The molecule has 7 nitrogen and oxygen atoms in total. The second-order valence-corrected chi connectivity index (χ2v) is 4.38. The first-order valence-corrected chi connectivity index (χ1v) is 6.33. The maximum atomic E-state index is 5.18. The summed E-state index contributed by atoms with van der Waals surface area (Å²) in [6.45, 7) is 0. The molecule has 0 aliphatic carbocycles. The zero-order valence-corrected chi connectivity index (χ0v) is 10.8. The Balaban J connectivity index is 1.79. The number of fused-ring (bicyclic) bond motifs is 3. The maximum Gasteiger partial charge on any atom is 0.185 e. The number of nitrogens with zero attached hydrogens (tertiary/aromatic N) is 5. The summed E-state index contributed by atoms with van der Waals surface area (Å²) in [5.41, 5.74) is 3.64. The first-order valence-electron chi connectivity index (χ1n) is 6.33. The van der Waals surface area contributed by atoms with Gasteiger partial charge in [-0.2, -0.15) is 9.62 Å². The standard InChI is InChI=1S/C14H10N6O/c1-2-6-12-11(5-1)13(19-20-9-16-18-14(12)20)17-15-8-10-4-3-7-21-10/h1-9H,(H,17,19). The fraction of sp³-hybridized carbons (Fsp3) is 0. The van der Waals surface area contributed by atoms with Crippen LogP contribution < -0.4 is 5.43 Å². The second kappa shape index (κ2) is 4.71. The highest BCUT2D eigenvalue weighted by Gasteiger charge is 2.08. The molecule has 0 aliphatic heterocycles. The summed E-state index contributed by atoms with van der Waals surface area (Å²) in [6.07, 6.45) is 4.74. The lowest BCUT2D eigenvalue weighted by molar-refractivity contribution is 0.560. The van der Waals surface area contributed by atoms with Crippen LogP contribution in [0.4, 0.5) is 5.82 Å². The highest BCUT2D eigenvalue weighted by Crippen LogP contribution is 2.23. The third kappa shape index (κ3) is 2.00. The van der Waals surface area contributed by atoms with Gasteiger partial charge in [-0.05, 0) is 12.1 Å². The van der Waals surface area contributed by atoms with Gasteiger partial charge in [-0.15, -0.1) is 15.3 Å². The summed E-state index contributed by atoms with van der Waals surface area (Å²) < 4.78 is 6.80. The van der Waals surface area contributed by atoms with Crippen LogP contribution in [-0.2, 0) is 0 Å². The molecule has 0 spiro atoms. The van der Waals surface area contributed by atoms with Crippen molar-refractivity contribution in [2.24, 2.45) is 5.10 Å². The van der Waals surface area contributed by atoms with Gasteiger partial charge in [0, 0.05) is 10.8 Å². The molecule has 0 amide bonds. The molecule has 4 rings (SSSR count). The van der Waals surface area contributed by atoms with E-state index < -0.39 is 0 Å². The van der Waals surface area contributed by atoms with Crippen molar-refractivity contribution < 1.29 is 4.42 Å². The van der Waals surface area contributed by atoms with Crippen LogP contribution in [0.3, 0.4) is 0 Å². The molecule has 0 saturated carbocycles. The van der Waals surface area contributed by atoms with Gasteiger partial charge in [0.25, 0.3) is 0 Å². The molecule has 0 aliphatic rings. The zero-order valence-electron chi connectivity index (χ0n) is 10.8. The van der Waals surface area contributed by atoms with Crippen LogP contribution >= 0.6 is 0 Å². The van der Waals surface area contributed by atoms with Gasteiger partial charge in [0.05, 0.1) is 12.5 Å². The Hall–Kier alpha value is -3.22. The number of nitrogens with one attached hydrogen (secondary N) is 1. The lowest BCUT2D eigenvalue weighted by atomic mass is 10.2. The van der Waals surface area contributed by atoms with Crippen molar-refractivity contribution in [1.82, 2.24) is 19.8 Å². The summed E-state index contributed by atoms with van der Waals surface area (Å²) in [4.78, 5) is 0. The van der Waals surface area contributed by atoms with Crippen LogP contribution in [0.25, 0.3) is 16.4 Å². The van der Waals surface area contributed by atoms with Crippen molar-refractivity contribution in [3.63, 3.8) is 0 Å². The van der Waals surface area contributed by atoms with E-state index in [2.05, 4.69) is 25.8 Å². The van der Waals surface area contributed by atoms with E-state index in [0.717, 1.165) is 10.8 Å². The third-order valence-electron chi connectivity index (χ3n) is 3.07. The van der Waals surface area contributed by atoms with Crippen LogP contribution in [0, 0.1) is 0 Å². The predicted octanol–water partition coefficient (Wildman–Crippen LogP) is 2.32. The molecule has 3 heterocycles. The van der Waals surface area contributed by atoms with Crippen molar-refractivity contribution in [2.75, 3.05) is 5.43 Å². The van der Waals surface area contributed by atoms with Gasteiger partial charge >= 0.3 is 0 Å². The molecule has 0 radical (unpaired) electrons. The molecule has 4 aromatic rings. The third-order valence-corrected chi connectivity index (χ3v) is 3.07. The molecule has 7 heteroatoms. The van der Waals surface area contributed by atoms with Crippen molar-refractivity contribution in [3.8, 4) is 0 Å². The number of benzene rings is 1. The number of hydrazone groups is 1. The highest BCUT2D eigenvalue weighted by molar-refractivity contribution is 5.99. The molecule has 102 valence electrons. The lowest BCUT2D eigenvalue weighted by Gasteiger charge is -2.05. The van der Waals surface area contributed by atoms with Gasteiger partial charge in [-0.3, -0.25) is 5.43 Å². The normalized spacial score (nSPS) is 11.6. The molecule has 0 fully saturated rings. The number of hydrogen-bond donors (Lipinski definition) is 1. The SMILES string of the molecule is C(=NNc1nn2cnnc2c2ccccc12)c1ccco1. The van der Waals surface area contributed by atoms with E-state index in [-0.39, 0.29) is 0 Å². The lowest BCUT2D eigenvalue weighted by Crippen LogP contribution is -2.00. The van der Waals surface area contributed by atoms with Crippen LogP contribution in [0.15, 0.2) is 58.5 Å². The molecule has 0 saturated heterocycles. The van der Waals surface area contributed by atoms with Crippen molar-refractivity contribution in [1.29, 1.82) is 0 Å². The van der Waals surface area contributed by atoms with Gasteiger partial charge in [0.2, 0.25) is 0 Å². The zero-order chi connectivity index (χ0) is 14.1. The van der Waals surface area contributed by atoms with Gasteiger partial charge in [0.1, 0.15) is 12.1 Å². The Morgan fingerprint density at radius 1 is 1.14 bits per heavy atom. The molecular weight excluding hydrogens is 268 g/mol. The van der Waals surface area contributed by atoms with Crippen molar-refractivity contribution >= 4 is 28.5 Å². The van der Waals surface area contributed by atoms with Crippen molar-refractivity contribution in [2.45, 2.75) is 0 Å². The van der Waals surface area contributed by atoms with Gasteiger partial charge in [0.15, 0.2) is 11.5 Å². The molecule has 0 bridgehead atoms. The Labute approximate surface area is 118 Å². The topological polar surface area (TPSA) is 80.6 Å². The number of rotatable bonds is 3. The van der Waals surface area contributed by atoms with Crippen LogP contribution in [0.2, 0.25) is 0 Å². The Kier molecular flexibility index (Phi) is 2.60. The van der Waals surface area contributed by atoms with Crippen LogP contribution in [0.1, 0.15) is 5.76 Å². The molecule has 21 heavy (non-hydrogen) atoms. The van der Waals surface area contributed by atoms with E-state index in [0.29, 0.717) is 17.2 Å². The molecule has 0 atom stereocenters. The van der Waals surface area contributed by atoms with E-state index in [4.69, 9.17) is 4.42 Å². The van der Waals surface area contributed by atoms with E-state index in [1.807, 2.05) is 30.3 Å². The summed E-state index contributed by atoms with van der Waals surface area (Å²) in [5, 5.41) is 18.4. The summed E-state index contributed by atoms with van der Waals surface area (Å²) >= 11 is 0. The average molecular weight is 278 g/mol. The molecule has 1 N–H and O–H groups in total. The quantitative estimate of drug-likeness (QED) is 0.459. The first kappa shape index (κ1) is 11.6. The fourth-order valence-corrected chi connectivity index (χ4v) is 2.13. The smallest absolute Gasteiger partial charge is 0.185 e. The van der Waals surface area contributed by atoms with Crippen LogP contribution in [-0.4, -0.2) is 26.0 Å². The number of furan rings is 1. The minimum Gasteiger partial charge on any atom is -0.463 e. The fourth-order valence-electron chi connectivity index (χ4n) is 2.13. The number of aromatic nitrogens is 4. The highest BCUT2D eigenvalue weighted by atomic mass is 16.3. The Bertz CT molecular complexity index is 925. The summed E-state index contributed by atoms with van der Waals surface area (Å²) in [7, 11) is 0. The maximum absolute atomic E-state index is 5.18. The van der Waals surface area contributed by atoms with Gasteiger partial charge < -0.3 is 4.42 Å². The molecule has 0 unspecified atom stereocenters. The number of anilines is 1. The van der Waals surface area contributed by atoms with E-state index in [1.54, 1.807) is 29.4 Å². The first-order chi connectivity index (χ1) is 10.4. The number of hydrogen-bond acceptors (Lipinski definition) is 6. The average Bonchev–Trinajstić information content (AvgIpc) is 3.18. The molecule has 1 aromatic carbocycles. The molecular formula is C14H10N6O. The summed E-state index contributed by atoms with van der Waals surface area (Å²) in [5.74, 6) is 1.29. The monoisotopic (exact) mass is 278 g/mol. The van der Waals surface area contributed by atoms with Crippen molar-refractivity contribution in [3.05, 3.63) is 54.7 Å². The Morgan fingerprint density at radius 3 is 2.90 bits per heavy atom. The minimum absolute atomic E-state index is 0.626. The Morgan fingerprint density at radius 2 is 2.05 bits per heavy atom. The molecule has 3 aromatic heterocycles. The predicted molar refractivity (Wildman–Crippen MR) is 78.2 cm³/mol. The van der Waals surface area contributed by atoms with E-state index in [9.17, 15) is 0 Å². The van der Waals surface area contributed by atoms with E-state index >= 15 is 0 Å². The van der Waals surface area contributed by atoms with Gasteiger partial charge in [-0.1, -0.05) is 24.3 Å². The summed E-state index contributed by atoms with van der Waals surface area (Å²) in [6, 6.07) is 11.5. The van der Waals surface area contributed by atoms with E-state index in [1.165, 1.54) is 0 Å². The largest absolute Gasteiger partial charge is 0.463 e. The van der Waals surface area contributed by atoms with Crippen LogP contribution in [0.5, 0.6) is 0 Å². The second-order valence-electron chi connectivity index (χ2n) is 4.38. The minimum atomic E-state index is 0.626. The van der Waals surface area contributed by atoms with Gasteiger partial charge in [-0.25, -0.2) is 0 Å².